The molecule has 0 saturated heterocycles. The Morgan fingerprint density at radius 1 is 0.649 bits per heavy atom. The minimum atomic E-state index is -1.61. The number of carbonyl (C=O) groups is 9. The number of carbonyl (C=O) groups excluding carboxylic acids is 4. The summed E-state index contributed by atoms with van der Waals surface area (Å²) in [7, 11) is 0. The van der Waals surface area contributed by atoms with Gasteiger partial charge in [0.1, 0.15) is 35.2 Å². The molecule has 2 aromatic carbocycles. The molecule has 25 heteroatoms. The van der Waals surface area contributed by atoms with Crippen LogP contribution in [-0.2, 0) is 33.6 Å². The van der Waals surface area contributed by atoms with Gasteiger partial charge < -0.3 is 72.3 Å². The van der Waals surface area contributed by atoms with Crippen LogP contribution >= 0.6 is 12.2 Å². The average molecular weight is 1050 g/mol. The lowest BCUT2D eigenvalue weighted by molar-refractivity contribution is -0.143. The number of thiocarbonyl (C=S) groups is 1. The van der Waals surface area contributed by atoms with Crippen LogP contribution in [0.3, 0.4) is 0 Å². The van der Waals surface area contributed by atoms with Crippen LogP contribution in [-0.4, -0.2) is 126 Å². The Morgan fingerprint density at radius 3 is 1.76 bits per heavy atom. The van der Waals surface area contributed by atoms with Crippen molar-refractivity contribution in [2.75, 3.05) is 18.4 Å². The Bertz CT molecular complexity index is 2830. The number of amides is 5. The van der Waals surface area contributed by atoms with E-state index in [9.17, 15) is 73.5 Å². The Hall–Kier alpha value is -8.35. The second-order valence-electron chi connectivity index (χ2n) is 18.8. The van der Waals surface area contributed by atoms with Crippen molar-refractivity contribution in [2.45, 2.75) is 109 Å². The number of carboxylic acids is 5. The Balaban J connectivity index is 1.21. The number of hydrogen-bond acceptors (Lipinski definition) is 13. The third kappa shape index (κ3) is 18.0. The maximum atomic E-state index is 13.1. The summed E-state index contributed by atoms with van der Waals surface area (Å²) in [5.74, 6) is -8.64. The van der Waals surface area contributed by atoms with E-state index in [1.165, 1.54) is 30.3 Å². The van der Waals surface area contributed by atoms with E-state index in [1.54, 1.807) is 24.3 Å². The number of phenolic OH excluding ortho intramolecular Hbond substituents is 1. The Labute approximate surface area is 428 Å². The quantitative estimate of drug-likeness (QED) is 0.0230. The van der Waals surface area contributed by atoms with Gasteiger partial charge in [-0.25, -0.2) is 24.0 Å². The standard InChI is InChI=1S/C49H59N7O17S/c1-48(2,24-39(61)53-32(43(66)67)11-14-37(59)50-19-20-51-38(60)15-12-33(44(68)69)54-46(72)55-34(45(70)71)13-16-40(62)63)17-18-49(3,4)56-47(74)52-25-5-8-28(31(21-25)42(64)65)41-29-9-6-26(57)22-35(29)73-36-23-27(58)7-10-30(36)41/h5-10,21-23,32-34,57H,11-20,24H2,1-4H3,(H,50,59)(H,51,60)(H,53,61)(H,62,63)(H,64,65)(H,66,67)(H,68,69)(H,70,71)(H2,52,56,74)(H2,54,55,72)/t32-,33-,34-/m0/s1. The number of nitrogens with one attached hydrogen (secondary N) is 7. The van der Waals surface area contributed by atoms with Gasteiger partial charge >= 0.3 is 35.9 Å². The number of aromatic carboxylic acids is 1. The van der Waals surface area contributed by atoms with Gasteiger partial charge in [-0.15, -0.1) is 0 Å². The van der Waals surface area contributed by atoms with Crippen molar-refractivity contribution in [1.82, 2.24) is 31.9 Å². The molecule has 3 atom stereocenters. The van der Waals surface area contributed by atoms with Crippen molar-refractivity contribution in [1.29, 1.82) is 0 Å². The molecule has 0 radical (unpaired) electrons. The van der Waals surface area contributed by atoms with Crippen LogP contribution < -0.4 is 42.6 Å². The van der Waals surface area contributed by atoms with Crippen molar-refractivity contribution in [2.24, 2.45) is 5.41 Å². The lowest BCUT2D eigenvalue weighted by Crippen LogP contribution is -2.51. The molecule has 24 nitrogen and oxygen atoms in total. The molecule has 398 valence electrons. The van der Waals surface area contributed by atoms with Gasteiger partial charge in [0, 0.05) is 78.6 Å². The minimum Gasteiger partial charge on any atom is -0.508 e. The molecule has 0 aromatic heterocycles. The second kappa shape index (κ2) is 25.9. The van der Waals surface area contributed by atoms with E-state index in [-0.39, 0.29) is 65.5 Å². The molecular weight excluding hydrogens is 991 g/mol. The number of aromatic hydroxyl groups is 1. The van der Waals surface area contributed by atoms with Crippen molar-refractivity contribution in [3.8, 4) is 28.2 Å². The van der Waals surface area contributed by atoms with Crippen molar-refractivity contribution in [3.63, 3.8) is 0 Å². The average Bonchev–Trinajstić information content (AvgIpc) is 3.29. The second-order valence-corrected chi connectivity index (χ2v) is 19.2. The first-order chi connectivity index (χ1) is 34.6. The van der Waals surface area contributed by atoms with Crippen molar-refractivity contribution < 1.29 is 78.2 Å². The van der Waals surface area contributed by atoms with E-state index in [0.29, 0.717) is 40.6 Å². The van der Waals surface area contributed by atoms with Gasteiger partial charge in [-0.3, -0.25) is 24.0 Å². The summed E-state index contributed by atoms with van der Waals surface area (Å²) in [6.07, 6.45) is -1.51. The molecule has 4 rings (SSSR count). The summed E-state index contributed by atoms with van der Waals surface area (Å²) in [6, 6.07) is 7.46. The number of urea groups is 1. The van der Waals surface area contributed by atoms with E-state index in [0.717, 1.165) is 0 Å². The highest BCUT2D eigenvalue weighted by Crippen LogP contribution is 2.42. The van der Waals surface area contributed by atoms with Crippen molar-refractivity contribution >= 4 is 87.6 Å². The fourth-order valence-corrected chi connectivity index (χ4v) is 8.04. The largest absolute Gasteiger partial charge is 0.508 e. The first kappa shape index (κ1) is 58.2. The fourth-order valence-electron chi connectivity index (χ4n) is 7.65. The summed E-state index contributed by atoms with van der Waals surface area (Å²) < 4.78 is 5.90. The van der Waals surface area contributed by atoms with E-state index in [4.69, 9.17) is 21.7 Å². The summed E-state index contributed by atoms with van der Waals surface area (Å²) in [4.78, 5) is 121. The third-order valence-corrected chi connectivity index (χ3v) is 11.8. The molecule has 1 aliphatic heterocycles. The van der Waals surface area contributed by atoms with E-state index in [1.807, 2.05) is 38.3 Å². The number of carboxylic acid groups (broad SMARTS) is 5. The van der Waals surface area contributed by atoms with E-state index < -0.39 is 108 Å². The summed E-state index contributed by atoms with van der Waals surface area (Å²) >= 11 is 5.61. The number of aliphatic carboxylic acids is 4. The van der Waals surface area contributed by atoms with Gasteiger partial charge in [-0.1, -0.05) is 19.9 Å². The molecule has 0 bridgehead atoms. The lowest BCUT2D eigenvalue weighted by Gasteiger charge is -2.33. The zero-order chi connectivity index (χ0) is 55.1. The highest BCUT2D eigenvalue weighted by atomic mass is 32.1. The van der Waals surface area contributed by atoms with Gasteiger partial charge in [-0.05, 0) is 106 Å². The maximum Gasteiger partial charge on any atom is 0.336 e. The van der Waals surface area contributed by atoms with Gasteiger partial charge in [0.25, 0.3) is 0 Å². The van der Waals surface area contributed by atoms with E-state index in [2.05, 4.69) is 26.6 Å². The molecule has 2 aromatic rings. The number of phenols is 1. The topological polar surface area (TPSA) is 389 Å². The number of fused-ring (bicyclic) bond motifs is 2. The zero-order valence-corrected chi connectivity index (χ0v) is 41.6. The molecule has 5 amide bonds. The van der Waals surface area contributed by atoms with Gasteiger partial charge in [0.2, 0.25) is 17.7 Å². The van der Waals surface area contributed by atoms with Crippen LogP contribution in [0.4, 0.5) is 10.5 Å². The predicted molar refractivity (Wildman–Crippen MR) is 270 cm³/mol. The van der Waals surface area contributed by atoms with Gasteiger partial charge in [-0.2, -0.15) is 0 Å². The van der Waals surface area contributed by atoms with Crippen LogP contribution in [0.5, 0.6) is 5.75 Å². The summed E-state index contributed by atoms with van der Waals surface area (Å²) in [5.41, 5.74) is 0.189. The summed E-state index contributed by atoms with van der Waals surface area (Å²) in [6.45, 7) is 7.23. The van der Waals surface area contributed by atoms with Crippen molar-refractivity contribution in [3.05, 3.63) is 70.4 Å². The van der Waals surface area contributed by atoms with Gasteiger partial charge in [0.05, 0.1) is 5.56 Å². The molecule has 0 spiro atoms. The first-order valence-electron chi connectivity index (χ1n) is 23.1. The van der Waals surface area contributed by atoms with Crippen LogP contribution in [0.25, 0.3) is 33.4 Å². The van der Waals surface area contributed by atoms with Crippen LogP contribution in [0.15, 0.2) is 63.8 Å². The van der Waals surface area contributed by atoms with E-state index >= 15 is 0 Å². The number of hydrogen-bond donors (Lipinski definition) is 13. The molecule has 0 saturated carbocycles. The molecule has 13 N–H and O–H groups in total. The number of anilines is 1. The zero-order valence-electron chi connectivity index (χ0n) is 40.8. The van der Waals surface area contributed by atoms with Crippen LogP contribution in [0, 0.1) is 5.41 Å². The smallest absolute Gasteiger partial charge is 0.336 e. The highest BCUT2D eigenvalue weighted by Gasteiger charge is 2.31. The predicted octanol–water partition coefficient (Wildman–Crippen LogP) is 3.66. The third-order valence-electron chi connectivity index (χ3n) is 11.5. The summed E-state index contributed by atoms with van der Waals surface area (Å²) in [5, 5.41) is 76.0. The number of benzene rings is 3. The molecule has 1 heterocycles. The van der Waals surface area contributed by atoms with Crippen LogP contribution in [0.2, 0.25) is 0 Å². The number of rotatable bonds is 27. The SMILES string of the molecule is CC(C)(CCC(C)(C)NC(=S)Nc1ccc(-c2c3ccc(=O)cc-3oc3cc(O)ccc23)c(C(=O)O)c1)CC(=O)N[C@@H](CCC(=O)NCCNC(=O)CC[C@H](NC(=O)N[C@@H](CCC(=O)O)C(=O)O)C(=O)O)C(=O)O. The van der Waals surface area contributed by atoms with Crippen LogP contribution in [0.1, 0.15) is 95.8 Å². The Kier molecular flexibility index (Phi) is 20.3. The minimum absolute atomic E-state index is 0.0681. The maximum absolute atomic E-state index is 13.1. The monoisotopic (exact) mass is 1050 g/mol. The fraction of sp³-hybridized carbons (Fsp3) is 0.408. The molecule has 74 heavy (non-hydrogen) atoms. The molecule has 2 aliphatic rings. The first-order valence-corrected chi connectivity index (χ1v) is 23.5. The molecule has 0 fully saturated rings. The molecular formula is C49H59N7O17S. The lowest BCUT2D eigenvalue weighted by atomic mass is 9.80. The molecule has 0 unspecified atom stereocenters. The normalized spacial score (nSPS) is 12.6. The Morgan fingerprint density at radius 2 is 1.20 bits per heavy atom. The van der Waals surface area contributed by atoms with Gasteiger partial charge in [0.15, 0.2) is 10.5 Å². The highest BCUT2D eigenvalue weighted by molar-refractivity contribution is 7.80. The molecule has 1 aliphatic carbocycles.